The molecule has 1 N–H and O–H groups in total. The minimum atomic E-state index is -0.776. The van der Waals surface area contributed by atoms with Crippen LogP contribution in [0.25, 0.3) is 16.8 Å². The van der Waals surface area contributed by atoms with Gasteiger partial charge >= 0.3 is 6.03 Å². The summed E-state index contributed by atoms with van der Waals surface area (Å²) < 4.78 is 7.11. The molecule has 0 bridgehead atoms. The Morgan fingerprint density at radius 2 is 1.68 bits per heavy atom. The van der Waals surface area contributed by atoms with E-state index in [2.05, 4.69) is 21.2 Å². The molecule has 1 saturated heterocycles. The fourth-order valence-corrected chi connectivity index (χ4v) is 4.80. The Labute approximate surface area is 222 Å². The van der Waals surface area contributed by atoms with Crippen LogP contribution < -0.4 is 15.0 Å². The van der Waals surface area contributed by atoms with Crippen LogP contribution >= 0.6 is 15.9 Å². The van der Waals surface area contributed by atoms with Crippen molar-refractivity contribution in [1.82, 2.24) is 5.32 Å². The number of hydrogen-bond donors (Lipinski definition) is 1. The van der Waals surface area contributed by atoms with Crippen LogP contribution in [0, 0.1) is 13.8 Å². The van der Waals surface area contributed by atoms with Gasteiger partial charge in [0.05, 0.1) is 5.69 Å². The molecule has 0 aliphatic carbocycles. The van der Waals surface area contributed by atoms with E-state index in [1.807, 2.05) is 86.6 Å². The van der Waals surface area contributed by atoms with Gasteiger partial charge in [-0.2, -0.15) is 0 Å². The van der Waals surface area contributed by atoms with Gasteiger partial charge in [0.1, 0.15) is 17.9 Å². The summed E-state index contributed by atoms with van der Waals surface area (Å²) in [6.07, 6.45) is 1.51. The van der Waals surface area contributed by atoms with Crippen molar-refractivity contribution in [3.8, 4) is 5.75 Å². The number of amides is 4. The predicted octanol–water partition coefficient (Wildman–Crippen LogP) is 6.46. The lowest BCUT2D eigenvalue weighted by molar-refractivity contribution is -0.122. The number of ether oxygens (including phenoxy) is 1. The molecule has 37 heavy (non-hydrogen) atoms. The molecule has 4 aromatic rings. The molecule has 1 fully saturated rings. The lowest BCUT2D eigenvalue weighted by Crippen LogP contribution is -2.54. The summed E-state index contributed by atoms with van der Waals surface area (Å²) in [6.45, 7) is 4.03. The highest BCUT2D eigenvalue weighted by Crippen LogP contribution is 2.33. The zero-order valence-electron chi connectivity index (χ0n) is 20.2. The van der Waals surface area contributed by atoms with E-state index in [9.17, 15) is 14.4 Å². The molecule has 6 nitrogen and oxygen atoms in total. The summed E-state index contributed by atoms with van der Waals surface area (Å²) in [5, 5.41) is 4.05. The maximum atomic E-state index is 13.6. The number of benzene rings is 4. The van der Waals surface area contributed by atoms with Crippen molar-refractivity contribution >= 4 is 56.3 Å². The third kappa shape index (κ3) is 4.78. The van der Waals surface area contributed by atoms with Gasteiger partial charge in [0.25, 0.3) is 11.8 Å². The molecule has 7 heteroatoms. The van der Waals surface area contributed by atoms with Gasteiger partial charge in [0.2, 0.25) is 0 Å². The van der Waals surface area contributed by atoms with E-state index in [0.29, 0.717) is 17.0 Å². The molecule has 0 unspecified atom stereocenters. The Kier molecular flexibility index (Phi) is 6.63. The molecule has 1 heterocycles. The summed E-state index contributed by atoms with van der Waals surface area (Å²) in [5.41, 5.74) is 3.56. The molecule has 0 atom stereocenters. The molecular formula is C30H23BrN2O4. The molecule has 1 aliphatic heterocycles. The zero-order valence-corrected chi connectivity index (χ0v) is 21.8. The number of aryl methyl sites for hydroxylation is 2. The van der Waals surface area contributed by atoms with Crippen molar-refractivity contribution in [2.45, 2.75) is 20.5 Å². The van der Waals surface area contributed by atoms with Crippen LogP contribution in [0.1, 0.15) is 22.3 Å². The number of carbonyl (C=O) groups excluding carboxylic acids is 3. The Morgan fingerprint density at radius 3 is 2.46 bits per heavy atom. The van der Waals surface area contributed by atoms with Crippen LogP contribution in [0.4, 0.5) is 10.5 Å². The van der Waals surface area contributed by atoms with Crippen molar-refractivity contribution in [3.05, 3.63) is 111 Å². The summed E-state index contributed by atoms with van der Waals surface area (Å²) in [4.78, 5) is 40.2. The normalized spacial score (nSPS) is 14.8. The Morgan fingerprint density at radius 1 is 0.919 bits per heavy atom. The van der Waals surface area contributed by atoms with Crippen molar-refractivity contribution in [3.63, 3.8) is 0 Å². The summed E-state index contributed by atoms with van der Waals surface area (Å²) >= 11 is 3.54. The predicted molar refractivity (Wildman–Crippen MR) is 147 cm³/mol. The van der Waals surface area contributed by atoms with Gasteiger partial charge in [0, 0.05) is 15.6 Å². The molecule has 5 rings (SSSR count). The number of nitrogens with one attached hydrogen (secondary N) is 1. The quantitative estimate of drug-likeness (QED) is 0.227. The number of imide groups is 2. The lowest BCUT2D eigenvalue weighted by Gasteiger charge is -2.28. The van der Waals surface area contributed by atoms with E-state index in [4.69, 9.17) is 4.74 Å². The average Bonchev–Trinajstić information content (AvgIpc) is 2.87. The van der Waals surface area contributed by atoms with E-state index in [0.717, 1.165) is 36.8 Å². The first-order valence-electron chi connectivity index (χ1n) is 11.7. The van der Waals surface area contributed by atoms with Crippen LogP contribution in [0.3, 0.4) is 0 Å². The highest BCUT2D eigenvalue weighted by molar-refractivity contribution is 9.10. The number of anilines is 1. The van der Waals surface area contributed by atoms with Crippen LogP contribution in [-0.2, 0) is 16.2 Å². The standard InChI is InChI=1S/C30H23BrN2O4/c1-18-11-13-26(19(2)15-18)33-29(35)24(28(34)32-30(33)36)16-23-22-9-5-3-7-20(22)12-14-27(23)37-17-21-8-4-6-10-25(21)31/h3-16H,17H2,1-2H3,(H,32,34,36)/b24-16+. The number of carbonyl (C=O) groups is 3. The second kappa shape index (κ2) is 10.0. The Bertz CT molecular complexity index is 1610. The van der Waals surface area contributed by atoms with Gasteiger partial charge in [-0.15, -0.1) is 0 Å². The minimum absolute atomic E-state index is 0.151. The molecule has 184 valence electrons. The fourth-order valence-electron chi connectivity index (χ4n) is 4.40. The second-order valence-electron chi connectivity index (χ2n) is 8.83. The number of barbiturate groups is 1. The Hall–Kier alpha value is -4.23. The second-order valence-corrected chi connectivity index (χ2v) is 9.68. The SMILES string of the molecule is Cc1ccc(N2C(=O)NC(=O)/C(=C\c3c(OCc4ccccc4Br)ccc4ccccc34)C2=O)c(C)c1. The highest BCUT2D eigenvalue weighted by Gasteiger charge is 2.37. The number of nitrogens with zero attached hydrogens (tertiary/aromatic N) is 1. The molecule has 0 radical (unpaired) electrons. The fraction of sp³-hybridized carbons (Fsp3) is 0.100. The van der Waals surface area contributed by atoms with Crippen LogP contribution in [0.2, 0.25) is 0 Å². The maximum Gasteiger partial charge on any atom is 0.335 e. The van der Waals surface area contributed by atoms with E-state index in [1.54, 1.807) is 6.07 Å². The number of urea groups is 1. The van der Waals surface area contributed by atoms with Gasteiger partial charge < -0.3 is 4.74 Å². The van der Waals surface area contributed by atoms with Crippen molar-refractivity contribution in [2.24, 2.45) is 0 Å². The summed E-state index contributed by atoms with van der Waals surface area (Å²) in [7, 11) is 0. The van der Waals surface area contributed by atoms with Gasteiger partial charge in [-0.3, -0.25) is 14.9 Å². The largest absolute Gasteiger partial charge is 0.488 e. The third-order valence-corrected chi connectivity index (χ3v) is 7.03. The first kappa shape index (κ1) is 24.5. The van der Waals surface area contributed by atoms with E-state index >= 15 is 0 Å². The van der Waals surface area contributed by atoms with Gasteiger partial charge in [0.15, 0.2) is 0 Å². The molecule has 0 saturated carbocycles. The smallest absolute Gasteiger partial charge is 0.335 e. The highest BCUT2D eigenvalue weighted by atomic mass is 79.9. The minimum Gasteiger partial charge on any atom is -0.488 e. The van der Waals surface area contributed by atoms with Crippen molar-refractivity contribution in [1.29, 1.82) is 0 Å². The zero-order chi connectivity index (χ0) is 26.1. The topological polar surface area (TPSA) is 75.7 Å². The van der Waals surface area contributed by atoms with Gasteiger partial charge in [-0.05, 0) is 54.5 Å². The first-order chi connectivity index (χ1) is 17.8. The van der Waals surface area contributed by atoms with E-state index in [1.165, 1.54) is 6.08 Å². The van der Waals surface area contributed by atoms with Crippen LogP contribution in [0.15, 0.2) is 88.9 Å². The average molecular weight is 555 g/mol. The van der Waals surface area contributed by atoms with Crippen LogP contribution in [0.5, 0.6) is 5.75 Å². The summed E-state index contributed by atoms with van der Waals surface area (Å²) in [6, 6.07) is 23.8. The molecule has 1 aliphatic rings. The van der Waals surface area contributed by atoms with E-state index in [-0.39, 0.29) is 12.2 Å². The lowest BCUT2D eigenvalue weighted by atomic mass is 9.99. The van der Waals surface area contributed by atoms with Crippen molar-refractivity contribution in [2.75, 3.05) is 4.90 Å². The third-order valence-electron chi connectivity index (χ3n) is 6.26. The molecule has 0 aromatic heterocycles. The molecule has 0 spiro atoms. The molecular weight excluding hydrogens is 532 g/mol. The number of halogens is 1. The summed E-state index contributed by atoms with van der Waals surface area (Å²) in [5.74, 6) is -0.927. The molecule has 4 amide bonds. The van der Waals surface area contributed by atoms with Crippen molar-refractivity contribution < 1.29 is 19.1 Å². The van der Waals surface area contributed by atoms with Gasteiger partial charge in [-0.1, -0.05) is 82.2 Å². The number of rotatable bonds is 5. The first-order valence-corrected chi connectivity index (χ1v) is 12.5. The molecule has 4 aromatic carbocycles. The van der Waals surface area contributed by atoms with Crippen LogP contribution in [-0.4, -0.2) is 17.8 Å². The maximum absolute atomic E-state index is 13.6. The van der Waals surface area contributed by atoms with Gasteiger partial charge in [-0.25, -0.2) is 9.69 Å². The number of fused-ring (bicyclic) bond motifs is 1. The monoisotopic (exact) mass is 554 g/mol. The van der Waals surface area contributed by atoms with E-state index < -0.39 is 17.8 Å². The Balaban J connectivity index is 1.60. The number of hydrogen-bond acceptors (Lipinski definition) is 4.